The van der Waals surface area contributed by atoms with Gasteiger partial charge in [-0.05, 0) is 25.6 Å². The van der Waals surface area contributed by atoms with Crippen LogP contribution in [0.3, 0.4) is 0 Å². The van der Waals surface area contributed by atoms with Gasteiger partial charge in [0.2, 0.25) is 0 Å². The SMILES string of the molecule is CCN(CC)C(CC)(C(=O)O)c1ccccc1F. The molecule has 0 saturated carbocycles. The van der Waals surface area contributed by atoms with E-state index in [0.29, 0.717) is 19.5 Å². The average Bonchev–Trinajstić information content (AvgIpc) is 2.36. The van der Waals surface area contributed by atoms with Gasteiger partial charge < -0.3 is 5.11 Å². The number of hydrogen-bond donors (Lipinski definition) is 1. The summed E-state index contributed by atoms with van der Waals surface area (Å²) in [4.78, 5) is 13.5. The van der Waals surface area contributed by atoms with Crippen LogP contribution < -0.4 is 0 Å². The van der Waals surface area contributed by atoms with Crippen LogP contribution in [0, 0.1) is 5.82 Å². The summed E-state index contributed by atoms with van der Waals surface area (Å²) in [6.07, 6.45) is 0.324. The molecule has 0 amide bonds. The van der Waals surface area contributed by atoms with Gasteiger partial charge in [0.1, 0.15) is 11.4 Å². The Bertz CT molecular complexity index is 418. The molecule has 1 atom stereocenters. The topological polar surface area (TPSA) is 40.5 Å². The van der Waals surface area contributed by atoms with Gasteiger partial charge in [-0.2, -0.15) is 0 Å². The van der Waals surface area contributed by atoms with E-state index in [2.05, 4.69) is 0 Å². The Hall–Kier alpha value is -1.42. The molecule has 1 aromatic rings. The lowest BCUT2D eigenvalue weighted by Crippen LogP contribution is -2.52. The number of halogens is 1. The van der Waals surface area contributed by atoms with Crippen LogP contribution in [-0.4, -0.2) is 29.1 Å². The number of carboxylic acid groups (broad SMARTS) is 1. The summed E-state index contributed by atoms with van der Waals surface area (Å²) in [5, 5.41) is 9.63. The van der Waals surface area contributed by atoms with E-state index < -0.39 is 17.3 Å². The minimum atomic E-state index is -1.28. The van der Waals surface area contributed by atoms with Crippen LogP contribution in [0.25, 0.3) is 0 Å². The van der Waals surface area contributed by atoms with Crippen LogP contribution in [-0.2, 0) is 10.3 Å². The second kappa shape index (κ2) is 5.96. The first-order valence-corrected chi connectivity index (χ1v) is 6.27. The molecule has 1 N–H and O–H groups in total. The first kappa shape index (κ1) is 14.6. The highest BCUT2D eigenvalue weighted by atomic mass is 19.1. The molecule has 0 spiro atoms. The van der Waals surface area contributed by atoms with E-state index in [4.69, 9.17) is 0 Å². The van der Waals surface area contributed by atoms with Crippen molar-refractivity contribution in [1.29, 1.82) is 0 Å². The first-order chi connectivity index (χ1) is 8.54. The smallest absolute Gasteiger partial charge is 0.328 e. The number of carboxylic acids is 1. The molecule has 3 nitrogen and oxygen atoms in total. The Morgan fingerprint density at radius 2 is 1.83 bits per heavy atom. The van der Waals surface area contributed by atoms with Gasteiger partial charge >= 0.3 is 5.97 Å². The normalized spacial score (nSPS) is 14.5. The molecule has 18 heavy (non-hydrogen) atoms. The predicted molar refractivity (Wildman–Crippen MR) is 68.9 cm³/mol. The average molecular weight is 253 g/mol. The van der Waals surface area contributed by atoms with Gasteiger partial charge in [-0.1, -0.05) is 39.0 Å². The summed E-state index contributed by atoms with van der Waals surface area (Å²) in [6.45, 7) is 6.67. The lowest BCUT2D eigenvalue weighted by molar-refractivity contribution is -0.153. The maximum atomic E-state index is 14.0. The van der Waals surface area contributed by atoms with Crippen LogP contribution >= 0.6 is 0 Å². The molecule has 0 radical (unpaired) electrons. The molecule has 0 aromatic heterocycles. The van der Waals surface area contributed by atoms with Crippen LogP contribution in [0.5, 0.6) is 0 Å². The van der Waals surface area contributed by atoms with E-state index >= 15 is 0 Å². The van der Waals surface area contributed by atoms with Crippen molar-refractivity contribution in [2.45, 2.75) is 32.7 Å². The van der Waals surface area contributed by atoms with E-state index in [1.54, 1.807) is 30.0 Å². The van der Waals surface area contributed by atoms with Crippen molar-refractivity contribution < 1.29 is 14.3 Å². The Balaban J connectivity index is 3.46. The zero-order chi connectivity index (χ0) is 13.8. The molecule has 0 fully saturated rings. The van der Waals surface area contributed by atoms with Crippen molar-refractivity contribution in [2.24, 2.45) is 0 Å². The van der Waals surface area contributed by atoms with E-state index in [0.717, 1.165) is 0 Å². The quantitative estimate of drug-likeness (QED) is 0.847. The lowest BCUT2D eigenvalue weighted by Gasteiger charge is -2.39. The van der Waals surface area contributed by atoms with Gasteiger partial charge in [0.15, 0.2) is 0 Å². The number of likely N-dealkylation sites (N-methyl/N-ethyl adjacent to an activating group) is 1. The van der Waals surface area contributed by atoms with E-state index in [-0.39, 0.29) is 5.56 Å². The van der Waals surface area contributed by atoms with Gasteiger partial charge in [-0.3, -0.25) is 4.90 Å². The van der Waals surface area contributed by atoms with Crippen LogP contribution in [0.15, 0.2) is 24.3 Å². The highest BCUT2D eigenvalue weighted by Gasteiger charge is 2.44. The van der Waals surface area contributed by atoms with Gasteiger partial charge in [-0.15, -0.1) is 0 Å². The van der Waals surface area contributed by atoms with Crippen LogP contribution in [0.2, 0.25) is 0 Å². The van der Waals surface area contributed by atoms with Crippen molar-refractivity contribution in [3.05, 3.63) is 35.6 Å². The highest BCUT2D eigenvalue weighted by Crippen LogP contribution is 2.34. The van der Waals surface area contributed by atoms with Crippen molar-refractivity contribution in [1.82, 2.24) is 4.90 Å². The Morgan fingerprint density at radius 3 is 2.22 bits per heavy atom. The van der Waals surface area contributed by atoms with Crippen molar-refractivity contribution >= 4 is 5.97 Å². The largest absolute Gasteiger partial charge is 0.480 e. The van der Waals surface area contributed by atoms with Gasteiger partial charge in [0, 0.05) is 5.56 Å². The summed E-state index contributed by atoms with van der Waals surface area (Å²) < 4.78 is 14.0. The van der Waals surface area contributed by atoms with Crippen molar-refractivity contribution in [3.8, 4) is 0 Å². The van der Waals surface area contributed by atoms with E-state index in [1.807, 2.05) is 13.8 Å². The molecule has 0 heterocycles. The molecule has 4 heteroatoms. The Kier molecular flexibility index (Phi) is 4.84. The van der Waals surface area contributed by atoms with E-state index in [9.17, 15) is 14.3 Å². The fourth-order valence-electron chi connectivity index (χ4n) is 2.55. The molecule has 0 saturated heterocycles. The second-order valence-corrected chi connectivity index (χ2v) is 4.17. The third-order valence-electron chi connectivity index (χ3n) is 3.49. The molecule has 100 valence electrons. The van der Waals surface area contributed by atoms with Crippen molar-refractivity contribution in [3.63, 3.8) is 0 Å². The number of carbonyl (C=O) groups is 1. The third kappa shape index (κ3) is 2.25. The number of nitrogens with zero attached hydrogens (tertiary/aromatic N) is 1. The van der Waals surface area contributed by atoms with Gasteiger partial charge in [0.25, 0.3) is 0 Å². The van der Waals surface area contributed by atoms with Crippen molar-refractivity contribution in [2.75, 3.05) is 13.1 Å². The minimum Gasteiger partial charge on any atom is -0.480 e. The summed E-state index contributed by atoms with van der Waals surface area (Å²) in [5.41, 5.74) is -1.04. The molecule has 0 aliphatic rings. The third-order valence-corrected chi connectivity index (χ3v) is 3.49. The number of hydrogen-bond acceptors (Lipinski definition) is 2. The highest BCUT2D eigenvalue weighted by molar-refractivity contribution is 5.80. The second-order valence-electron chi connectivity index (χ2n) is 4.17. The molecule has 0 aliphatic carbocycles. The number of aliphatic carboxylic acids is 1. The molecular weight excluding hydrogens is 233 g/mol. The summed E-state index contributed by atoms with van der Waals surface area (Å²) in [7, 11) is 0. The van der Waals surface area contributed by atoms with Crippen LogP contribution in [0.4, 0.5) is 4.39 Å². The summed E-state index contributed by atoms with van der Waals surface area (Å²) >= 11 is 0. The first-order valence-electron chi connectivity index (χ1n) is 6.27. The zero-order valence-corrected chi connectivity index (χ0v) is 11.1. The fraction of sp³-hybridized carbons (Fsp3) is 0.500. The lowest BCUT2D eigenvalue weighted by atomic mass is 9.84. The van der Waals surface area contributed by atoms with E-state index in [1.165, 1.54) is 6.07 Å². The molecule has 0 aliphatic heterocycles. The molecule has 1 unspecified atom stereocenters. The predicted octanol–water partition coefficient (Wildman–Crippen LogP) is 2.86. The number of rotatable bonds is 6. The summed E-state index contributed by atoms with van der Waals surface area (Å²) in [5.74, 6) is -1.47. The van der Waals surface area contributed by atoms with Gasteiger partial charge in [-0.25, -0.2) is 9.18 Å². The maximum Gasteiger partial charge on any atom is 0.328 e. The zero-order valence-electron chi connectivity index (χ0n) is 11.1. The van der Waals surface area contributed by atoms with Gasteiger partial charge in [0.05, 0.1) is 0 Å². The van der Waals surface area contributed by atoms with Crippen LogP contribution in [0.1, 0.15) is 32.8 Å². The fourth-order valence-corrected chi connectivity index (χ4v) is 2.55. The standard InChI is InChI=1S/C14H20FNO2/c1-4-14(13(17)18,16(5-2)6-3)11-9-7-8-10-12(11)15/h7-10H,4-6H2,1-3H3,(H,17,18). The molecule has 1 rings (SSSR count). The number of benzene rings is 1. The molecular formula is C14H20FNO2. The Morgan fingerprint density at radius 1 is 1.28 bits per heavy atom. The monoisotopic (exact) mass is 253 g/mol. The maximum absolute atomic E-state index is 14.0. The molecule has 0 bridgehead atoms. The molecule has 1 aromatic carbocycles. The minimum absolute atomic E-state index is 0.240. The summed E-state index contributed by atoms with van der Waals surface area (Å²) in [6, 6.07) is 6.12. The Labute approximate surface area is 107 Å².